The molecule has 4 nitrogen and oxygen atoms in total. The predicted octanol–water partition coefficient (Wildman–Crippen LogP) is 2.68. The SMILES string of the molecule is CCC1CN(Cc2cc(C#N)n(CC)c2)CCN1C(C)C. The van der Waals surface area contributed by atoms with Crippen LogP contribution in [0.15, 0.2) is 12.3 Å². The molecule has 0 N–H and O–H groups in total. The minimum Gasteiger partial charge on any atom is -0.339 e. The highest BCUT2D eigenvalue weighted by molar-refractivity contribution is 5.28. The first-order valence-electron chi connectivity index (χ1n) is 8.16. The number of nitriles is 1. The monoisotopic (exact) mass is 288 g/mol. The van der Waals surface area contributed by atoms with Gasteiger partial charge in [0.25, 0.3) is 0 Å². The summed E-state index contributed by atoms with van der Waals surface area (Å²) in [6.45, 7) is 14.2. The fraction of sp³-hybridized carbons (Fsp3) is 0.706. The lowest BCUT2D eigenvalue weighted by Gasteiger charge is -2.43. The molecule has 1 fully saturated rings. The largest absolute Gasteiger partial charge is 0.339 e. The molecule has 0 aromatic carbocycles. The van der Waals surface area contributed by atoms with Crippen LogP contribution in [0.25, 0.3) is 0 Å². The molecule has 0 radical (unpaired) electrons. The van der Waals surface area contributed by atoms with Crippen molar-refractivity contribution in [3.63, 3.8) is 0 Å². The van der Waals surface area contributed by atoms with E-state index in [9.17, 15) is 0 Å². The van der Waals surface area contributed by atoms with Gasteiger partial charge in [0.2, 0.25) is 0 Å². The highest BCUT2D eigenvalue weighted by Gasteiger charge is 2.27. The molecule has 1 aromatic rings. The van der Waals surface area contributed by atoms with Gasteiger partial charge in [0, 0.05) is 51.0 Å². The minimum absolute atomic E-state index is 0.628. The van der Waals surface area contributed by atoms with Crippen molar-refractivity contribution in [1.29, 1.82) is 5.26 Å². The van der Waals surface area contributed by atoms with Crippen molar-refractivity contribution in [2.24, 2.45) is 0 Å². The molecule has 4 heteroatoms. The molecule has 1 atom stereocenters. The molecular formula is C17H28N4. The molecule has 0 saturated carbocycles. The van der Waals surface area contributed by atoms with E-state index < -0.39 is 0 Å². The summed E-state index contributed by atoms with van der Waals surface area (Å²) < 4.78 is 2.04. The molecular weight excluding hydrogens is 260 g/mol. The van der Waals surface area contributed by atoms with Crippen molar-refractivity contribution in [3.05, 3.63) is 23.5 Å². The van der Waals surface area contributed by atoms with E-state index in [4.69, 9.17) is 5.26 Å². The Morgan fingerprint density at radius 1 is 1.33 bits per heavy atom. The Morgan fingerprint density at radius 2 is 2.10 bits per heavy atom. The number of aryl methyl sites for hydroxylation is 1. The van der Waals surface area contributed by atoms with E-state index in [1.165, 1.54) is 12.0 Å². The summed E-state index contributed by atoms with van der Waals surface area (Å²) in [5.74, 6) is 0. The van der Waals surface area contributed by atoms with Crippen molar-refractivity contribution in [2.75, 3.05) is 19.6 Å². The molecule has 116 valence electrons. The highest BCUT2D eigenvalue weighted by Crippen LogP contribution is 2.18. The summed E-state index contributed by atoms with van der Waals surface area (Å²) in [6, 6.07) is 5.61. The van der Waals surface area contributed by atoms with Gasteiger partial charge in [0.15, 0.2) is 0 Å². The first-order chi connectivity index (χ1) is 10.1. The van der Waals surface area contributed by atoms with Crippen LogP contribution < -0.4 is 0 Å². The van der Waals surface area contributed by atoms with Crippen molar-refractivity contribution < 1.29 is 0 Å². The Hall–Kier alpha value is -1.31. The lowest BCUT2D eigenvalue weighted by atomic mass is 10.1. The molecule has 21 heavy (non-hydrogen) atoms. The van der Waals surface area contributed by atoms with Crippen molar-refractivity contribution in [3.8, 4) is 6.07 Å². The summed E-state index contributed by atoms with van der Waals surface area (Å²) in [4.78, 5) is 5.15. The first-order valence-corrected chi connectivity index (χ1v) is 8.16. The zero-order chi connectivity index (χ0) is 15.4. The van der Waals surface area contributed by atoms with Gasteiger partial charge in [-0.3, -0.25) is 9.80 Å². The van der Waals surface area contributed by atoms with Crippen molar-refractivity contribution in [2.45, 2.75) is 59.3 Å². The molecule has 1 unspecified atom stereocenters. The van der Waals surface area contributed by atoms with E-state index in [-0.39, 0.29) is 0 Å². The van der Waals surface area contributed by atoms with Crippen LogP contribution in [0.1, 0.15) is 45.4 Å². The molecule has 0 bridgehead atoms. The Balaban J connectivity index is 2.01. The number of nitrogens with zero attached hydrogens (tertiary/aromatic N) is 4. The second-order valence-corrected chi connectivity index (χ2v) is 6.26. The maximum atomic E-state index is 9.15. The van der Waals surface area contributed by atoms with E-state index in [2.05, 4.69) is 49.8 Å². The van der Waals surface area contributed by atoms with Crippen molar-refractivity contribution >= 4 is 0 Å². The van der Waals surface area contributed by atoms with Gasteiger partial charge in [-0.25, -0.2) is 0 Å². The molecule has 0 aliphatic carbocycles. The van der Waals surface area contributed by atoms with Crippen LogP contribution in [-0.2, 0) is 13.1 Å². The lowest BCUT2D eigenvalue weighted by Crippen LogP contribution is -2.54. The first kappa shape index (κ1) is 16.1. The fourth-order valence-corrected chi connectivity index (χ4v) is 3.39. The molecule has 0 amide bonds. The van der Waals surface area contributed by atoms with E-state index in [1.807, 2.05) is 10.6 Å². The molecule has 1 aliphatic heterocycles. The summed E-state index contributed by atoms with van der Waals surface area (Å²) >= 11 is 0. The number of rotatable bonds is 5. The minimum atomic E-state index is 0.628. The van der Waals surface area contributed by atoms with Gasteiger partial charge in [0.1, 0.15) is 11.8 Å². The van der Waals surface area contributed by atoms with E-state index in [1.54, 1.807) is 0 Å². The standard InChI is InChI=1S/C17H28N4/c1-5-16-13-19(7-8-21(16)14(3)4)11-15-9-17(10-18)20(6-2)12-15/h9,12,14,16H,5-8,11,13H2,1-4H3. The Kier molecular flexibility index (Phi) is 5.44. The van der Waals surface area contributed by atoms with Gasteiger partial charge < -0.3 is 4.57 Å². The summed E-state index contributed by atoms with van der Waals surface area (Å²) in [5.41, 5.74) is 2.04. The van der Waals surface area contributed by atoms with Gasteiger partial charge in [0.05, 0.1) is 0 Å². The predicted molar refractivity (Wildman–Crippen MR) is 86.0 cm³/mol. The summed E-state index contributed by atoms with van der Waals surface area (Å²) in [6.07, 6.45) is 3.34. The fourth-order valence-electron chi connectivity index (χ4n) is 3.39. The van der Waals surface area contributed by atoms with Gasteiger partial charge in [-0.15, -0.1) is 0 Å². The highest BCUT2D eigenvalue weighted by atomic mass is 15.3. The van der Waals surface area contributed by atoms with E-state index >= 15 is 0 Å². The average Bonchev–Trinajstić information content (AvgIpc) is 2.88. The number of aromatic nitrogens is 1. The van der Waals surface area contributed by atoms with Crippen LogP contribution in [-0.4, -0.2) is 46.1 Å². The van der Waals surface area contributed by atoms with Crippen molar-refractivity contribution in [1.82, 2.24) is 14.4 Å². The normalized spacial score (nSPS) is 20.9. The average molecular weight is 288 g/mol. The van der Waals surface area contributed by atoms with Crippen LogP contribution in [0.5, 0.6) is 0 Å². The maximum absolute atomic E-state index is 9.15. The molecule has 0 spiro atoms. The lowest BCUT2D eigenvalue weighted by molar-refractivity contribution is 0.0457. The Morgan fingerprint density at radius 3 is 2.62 bits per heavy atom. The third kappa shape index (κ3) is 3.66. The third-order valence-corrected chi connectivity index (χ3v) is 4.56. The van der Waals surface area contributed by atoms with Crippen LogP contribution in [0, 0.1) is 11.3 Å². The van der Waals surface area contributed by atoms with Gasteiger partial charge >= 0.3 is 0 Å². The molecule has 1 saturated heterocycles. The van der Waals surface area contributed by atoms with E-state index in [0.29, 0.717) is 12.1 Å². The topological polar surface area (TPSA) is 35.2 Å². The van der Waals surface area contributed by atoms with Crippen LogP contribution >= 0.6 is 0 Å². The molecule has 1 aromatic heterocycles. The third-order valence-electron chi connectivity index (χ3n) is 4.56. The number of hydrogen-bond donors (Lipinski definition) is 0. The van der Waals surface area contributed by atoms with Gasteiger partial charge in [-0.1, -0.05) is 6.92 Å². The molecule has 2 heterocycles. The maximum Gasteiger partial charge on any atom is 0.120 e. The quantitative estimate of drug-likeness (QED) is 0.835. The van der Waals surface area contributed by atoms with Crippen LogP contribution in [0.2, 0.25) is 0 Å². The van der Waals surface area contributed by atoms with E-state index in [0.717, 1.165) is 38.4 Å². The summed E-state index contributed by atoms with van der Waals surface area (Å²) in [5, 5.41) is 9.15. The second kappa shape index (κ2) is 7.11. The zero-order valence-electron chi connectivity index (χ0n) is 13.8. The smallest absolute Gasteiger partial charge is 0.120 e. The molecule has 2 rings (SSSR count). The summed E-state index contributed by atoms with van der Waals surface area (Å²) in [7, 11) is 0. The zero-order valence-corrected chi connectivity index (χ0v) is 13.8. The Labute approximate surface area is 129 Å². The number of hydrogen-bond acceptors (Lipinski definition) is 3. The van der Waals surface area contributed by atoms with Gasteiger partial charge in [-0.05, 0) is 38.8 Å². The van der Waals surface area contributed by atoms with Gasteiger partial charge in [-0.2, -0.15) is 5.26 Å². The van der Waals surface area contributed by atoms with Crippen LogP contribution in [0.3, 0.4) is 0 Å². The van der Waals surface area contributed by atoms with Crippen LogP contribution in [0.4, 0.5) is 0 Å². The molecule has 1 aliphatic rings. The second-order valence-electron chi connectivity index (χ2n) is 6.26. The number of piperazine rings is 1. The Bertz CT molecular complexity index is 497.